The number of imidazole rings is 2. The average molecular weight is 819 g/mol. The van der Waals surface area contributed by atoms with Crippen LogP contribution in [0.25, 0.3) is 43.7 Å². The maximum atomic E-state index is 14.3. The number of benzene rings is 4. The van der Waals surface area contributed by atoms with Gasteiger partial charge in [0.05, 0.1) is 35.9 Å². The predicted octanol–water partition coefficient (Wildman–Crippen LogP) is 8.99. The molecule has 0 spiro atoms. The lowest BCUT2D eigenvalue weighted by Gasteiger charge is -2.31. The van der Waals surface area contributed by atoms with Gasteiger partial charge in [-0.05, 0) is 90.0 Å². The summed E-state index contributed by atoms with van der Waals surface area (Å²) in [7, 11) is 3.95. The summed E-state index contributed by atoms with van der Waals surface area (Å²) in [4.78, 5) is 61.9. The molecule has 0 bridgehead atoms. The Bertz CT molecular complexity index is 2640. The molecule has 0 aliphatic carbocycles. The maximum Gasteiger partial charge on any atom is 0.405 e. The second kappa shape index (κ2) is 16.6. The van der Waals surface area contributed by atoms with Gasteiger partial charge in [0.25, 0.3) is 5.91 Å². The first-order valence-electron chi connectivity index (χ1n) is 20.3. The zero-order chi connectivity index (χ0) is 41.3. The molecule has 3 aromatic heterocycles. The number of nitrogens with zero attached hydrogens (tertiary/aromatic N) is 5. The Balaban J connectivity index is 0.865. The van der Waals surface area contributed by atoms with E-state index in [1.165, 1.54) is 4.70 Å². The summed E-state index contributed by atoms with van der Waals surface area (Å²) in [6.45, 7) is 1.22. The minimum atomic E-state index is -1.25. The van der Waals surface area contributed by atoms with Crippen molar-refractivity contribution in [3.05, 3.63) is 144 Å². The molecule has 2 fully saturated rings. The molecule has 5 heterocycles. The molecule has 4 aromatic carbocycles. The van der Waals surface area contributed by atoms with Crippen LogP contribution in [0, 0.1) is 0 Å². The highest BCUT2D eigenvalue weighted by atomic mass is 32.1. The third kappa shape index (κ3) is 7.57. The number of amides is 3. The van der Waals surface area contributed by atoms with Crippen LogP contribution >= 0.6 is 11.3 Å². The number of likely N-dealkylation sites (N-methyl/N-ethyl adjacent to an activating group) is 1. The number of carbonyl (C=O) groups is 3. The van der Waals surface area contributed by atoms with Crippen molar-refractivity contribution in [3.8, 4) is 33.6 Å². The number of likely N-dealkylation sites (tertiary alicyclic amines) is 2. The number of fused-ring (bicyclic) bond motifs is 1. The third-order valence-electron chi connectivity index (χ3n) is 11.8. The number of hydrogen-bond acceptors (Lipinski definition) is 7. The van der Waals surface area contributed by atoms with Gasteiger partial charge in [-0.2, -0.15) is 0 Å². The SMILES string of the molecule is CN(C)C(C(=O)N1CCC[C@H]1c1ncc(-c2ccc(-c3ccc(-c4cnc([C@@H]5CCCN5C(=O)[C@H](NC(=O)O)c5ccccc5)[nH]4)cc3)cc2)[nH]1)c1csc2ccccc12. The van der Waals surface area contributed by atoms with Crippen molar-refractivity contribution < 1.29 is 19.5 Å². The normalized spacial score (nSPS) is 17.6. The van der Waals surface area contributed by atoms with Crippen LogP contribution in [0.2, 0.25) is 0 Å². The van der Waals surface area contributed by atoms with Crippen LogP contribution in [0.1, 0.15) is 72.6 Å². The van der Waals surface area contributed by atoms with E-state index >= 15 is 0 Å². The molecule has 60 heavy (non-hydrogen) atoms. The molecule has 12 nitrogen and oxygen atoms in total. The minimum absolute atomic E-state index is 0.101. The Labute approximate surface area is 351 Å². The molecule has 1 unspecified atom stereocenters. The molecule has 304 valence electrons. The Kier molecular flexibility index (Phi) is 10.8. The smallest absolute Gasteiger partial charge is 0.405 e. The van der Waals surface area contributed by atoms with E-state index < -0.39 is 12.1 Å². The minimum Gasteiger partial charge on any atom is -0.465 e. The van der Waals surface area contributed by atoms with Crippen LogP contribution < -0.4 is 5.32 Å². The molecule has 2 aliphatic rings. The van der Waals surface area contributed by atoms with E-state index in [1.807, 2.05) is 48.3 Å². The van der Waals surface area contributed by atoms with Gasteiger partial charge in [-0.25, -0.2) is 14.8 Å². The lowest BCUT2D eigenvalue weighted by atomic mass is 10.0. The summed E-state index contributed by atoms with van der Waals surface area (Å²) in [5.74, 6) is 1.29. The second-order valence-electron chi connectivity index (χ2n) is 15.7. The summed E-state index contributed by atoms with van der Waals surface area (Å²) in [6.07, 6.45) is 5.71. The maximum absolute atomic E-state index is 14.3. The molecule has 3 amide bonds. The van der Waals surface area contributed by atoms with Crippen molar-refractivity contribution in [2.45, 2.75) is 49.9 Å². The quantitative estimate of drug-likeness (QED) is 0.102. The fourth-order valence-electron chi connectivity index (χ4n) is 8.84. The highest BCUT2D eigenvalue weighted by molar-refractivity contribution is 7.17. The molecule has 2 saturated heterocycles. The van der Waals surface area contributed by atoms with Crippen molar-refractivity contribution >= 4 is 39.3 Å². The van der Waals surface area contributed by atoms with Gasteiger partial charge < -0.3 is 30.2 Å². The number of H-pyrrole nitrogens is 2. The first-order valence-corrected chi connectivity index (χ1v) is 21.2. The summed E-state index contributed by atoms with van der Waals surface area (Å²) >= 11 is 1.68. The summed E-state index contributed by atoms with van der Waals surface area (Å²) < 4.78 is 1.18. The van der Waals surface area contributed by atoms with Crippen molar-refractivity contribution in [1.82, 2.24) is 40.0 Å². The zero-order valence-corrected chi connectivity index (χ0v) is 34.2. The highest BCUT2D eigenvalue weighted by Gasteiger charge is 2.39. The third-order valence-corrected chi connectivity index (χ3v) is 12.8. The van der Waals surface area contributed by atoms with Gasteiger partial charge in [0.2, 0.25) is 5.91 Å². The van der Waals surface area contributed by atoms with Crippen LogP contribution in [0.4, 0.5) is 4.79 Å². The van der Waals surface area contributed by atoms with Gasteiger partial charge in [0.1, 0.15) is 23.7 Å². The predicted molar refractivity (Wildman–Crippen MR) is 233 cm³/mol. The number of nitrogens with one attached hydrogen (secondary N) is 3. The number of aromatic amines is 2. The van der Waals surface area contributed by atoms with Gasteiger partial charge in [-0.1, -0.05) is 97.1 Å². The van der Waals surface area contributed by atoms with E-state index in [2.05, 4.69) is 86.3 Å². The van der Waals surface area contributed by atoms with Crippen LogP contribution in [0.3, 0.4) is 0 Å². The molecule has 4 atom stereocenters. The first kappa shape index (κ1) is 38.9. The molecule has 4 N–H and O–H groups in total. The van der Waals surface area contributed by atoms with E-state index in [0.717, 1.165) is 76.1 Å². The number of carbonyl (C=O) groups excluding carboxylic acids is 2. The van der Waals surface area contributed by atoms with Crippen molar-refractivity contribution in [2.24, 2.45) is 0 Å². The molecular weight excluding hydrogens is 773 g/mol. The largest absolute Gasteiger partial charge is 0.465 e. The first-order chi connectivity index (χ1) is 29.2. The lowest BCUT2D eigenvalue weighted by Crippen LogP contribution is -2.42. The number of thiophene rings is 1. The average Bonchev–Trinajstić information content (AvgIpc) is 4.13. The number of hydrogen-bond donors (Lipinski definition) is 4. The van der Waals surface area contributed by atoms with E-state index in [9.17, 15) is 19.5 Å². The Morgan fingerprint density at radius 2 is 1.23 bits per heavy atom. The number of aromatic nitrogens is 4. The summed E-state index contributed by atoms with van der Waals surface area (Å²) in [5, 5.41) is 15.2. The number of carboxylic acid groups (broad SMARTS) is 1. The molecular formula is C47H46N8O4S. The van der Waals surface area contributed by atoms with Crippen molar-refractivity contribution in [3.63, 3.8) is 0 Å². The van der Waals surface area contributed by atoms with Crippen LogP contribution in [0.15, 0.2) is 121 Å². The van der Waals surface area contributed by atoms with Gasteiger partial charge in [0.15, 0.2) is 0 Å². The fourth-order valence-corrected chi connectivity index (χ4v) is 9.82. The van der Waals surface area contributed by atoms with E-state index in [0.29, 0.717) is 24.5 Å². The molecule has 13 heteroatoms. The lowest BCUT2D eigenvalue weighted by molar-refractivity contribution is -0.137. The summed E-state index contributed by atoms with van der Waals surface area (Å²) in [6, 6.07) is 32.1. The highest BCUT2D eigenvalue weighted by Crippen LogP contribution is 2.39. The monoisotopic (exact) mass is 818 g/mol. The Hall–Kier alpha value is -6.57. The van der Waals surface area contributed by atoms with Gasteiger partial charge in [0, 0.05) is 17.8 Å². The van der Waals surface area contributed by atoms with Crippen molar-refractivity contribution in [1.29, 1.82) is 0 Å². The second-order valence-corrected chi connectivity index (χ2v) is 16.7. The Morgan fingerprint density at radius 3 is 1.78 bits per heavy atom. The molecule has 0 radical (unpaired) electrons. The molecule has 9 rings (SSSR count). The molecule has 0 saturated carbocycles. The standard InChI is InChI=1S/C47H46N8O4S/c1-53(2)42(35-28-60-40-15-7-6-12-34(35)40)46(57)55-25-9-14-39(55)44-49-27-37(51-44)32-22-18-30(19-23-32)29-16-20-31(21-17-29)36-26-48-43(50-36)38-13-8-24-54(38)45(56)41(52-47(58)59)33-10-4-3-5-11-33/h3-7,10-12,15-23,26-28,38-39,41-42,52H,8-9,13-14,24-25H2,1-2H3,(H,48,50)(H,49,51)(H,58,59)/t38-,39-,41+,42?/m0/s1. The molecule has 7 aromatic rings. The zero-order valence-electron chi connectivity index (χ0n) is 33.4. The van der Waals surface area contributed by atoms with E-state index in [-0.39, 0.29) is 29.9 Å². The van der Waals surface area contributed by atoms with Gasteiger partial charge in [-0.3, -0.25) is 14.5 Å². The topological polar surface area (TPSA) is 151 Å². The fraction of sp³-hybridized carbons (Fsp3) is 0.255. The van der Waals surface area contributed by atoms with Crippen LogP contribution in [-0.4, -0.2) is 84.8 Å². The number of rotatable bonds is 11. The summed E-state index contributed by atoms with van der Waals surface area (Å²) in [5.41, 5.74) is 7.50. The van der Waals surface area contributed by atoms with Crippen LogP contribution in [0.5, 0.6) is 0 Å². The van der Waals surface area contributed by atoms with Crippen LogP contribution in [-0.2, 0) is 9.59 Å². The van der Waals surface area contributed by atoms with Gasteiger partial charge in [-0.15, -0.1) is 11.3 Å². The molecule has 2 aliphatic heterocycles. The van der Waals surface area contributed by atoms with E-state index in [4.69, 9.17) is 4.98 Å². The van der Waals surface area contributed by atoms with Gasteiger partial charge >= 0.3 is 6.09 Å². The van der Waals surface area contributed by atoms with E-state index in [1.54, 1.807) is 46.7 Å². The van der Waals surface area contributed by atoms with Crippen molar-refractivity contribution in [2.75, 3.05) is 27.2 Å². The Morgan fingerprint density at radius 1 is 0.717 bits per heavy atom.